The van der Waals surface area contributed by atoms with Gasteiger partial charge in [-0.2, -0.15) is 5.10 Å². The lowest BCUT2D eigenvalue weighted by Crippen LogP contribution is -2.31. The van der Waals surface area contributed by atoms with E-state index in [1.165, 1.54) is 24.8 Å². The first-order valence-corrected chi connectivity index (χ1v) is 12.1. The standard InChI is InChI=1S/C21H24ClN5O4S/c1-26(9-4-10-31-17-5-3-6-18(12-17)32(2,29)30)13-21(28)25-19-11-16(22)7-8-20(19)27-15-23-14-24-27/h3,5-8,11-12,14-15H,4,9-10,13H2,1-2H3,(H,25,28). The summed E-state index contributed by atoms with van der Waals surface area (Å²) >= 11 is 6.08. The van der Waals surface area contributed by atoms with Crippen LogP contribution in [0.3, 0.4) is 0 Å². The smallest absolute Gasteiger partial charge is 0.238 e. The summed E-state index contributed by atoms with van der Waals surface area (Å²) in [5.41, 5.74) is 1.20. The van der Waals surface area contributed by atoms with Crippen LogP contribution in [-0.4, -0.2) is 67.0 Å². The number of likely N-dealkylation sites (N-methyl/N-ethyl adjacent to an activating group) is 1. The predicted molar refractivity (Wildman–Crippen MR) is 122 cm³/mol. The molecule has 0 aliphatic rings. The Labute approximate surface area is 191 Å². The molecule has 0 atom stereocenters. The van der Waals surface area contributed by atoms with Crippen molar-refractivity contribution in [1.29, 1.82) is 0 Å². The van der Waals surface area contributed by atoms with Gasteiger partial charge in [0, 0.05) is 17.8 Å². The number of nitrogens with zero attached hydrogens (tertiary/aromatic N) is 4. The second-order valence-electron chi connectivity index (χ2n) is 7.24. The minimum absolute atomic E-state index is 0.173. The Bertz CT molecular complexity index is 1170. The average molecular weight is 478 g/mol. The molecule has 2 aromatic carbocycles. The van der Waals surface area contributed by atoms with Crippen molar-refractivity contribution in [3.63, 3.8) is 0 Å². The third kappa shape index (κ3) is 6.78. The van der Waals surface area contributed by atoms with Crippen molar-refractivity contribution in [1.82, 2.24) is 19.7 Å². The Morgan fingerprint density at radius 1 is 1.25 bits per heavy atom. The molecule has 0 saturated heterocycles. The molecule has 0 aliphatic carbocycles. The number of benzene rings is 2. The van der Waals surface area contributed by atoms with Gasteiger partial charge in [0.2, 0.25) is 5.91 Å². The van der Waals surface area contributed by atoms with Gasteiger partial charge in [-0.3, -0.25) is 9.69 Å². The molecule has 3 rings (SSSR count). The highest BCUT2D eigenvalue weighted by Gasteiger charge is 2.12. The van der Waals surface area contributed by atoms with E-state index in [-0.39, 0.29) is 17.3 Å². The zero-order valence-corrected chi connectivity index (χ0v) is 19.3. The lowest BCUT2D eigenvalue weighted by Gasteiger charge is -2.17. The summed E-state index contributed by atoms with van der Waals surface area (Å²) in [5.74, 6) is 0.299. The molecule has 0 aliphatic heterocycles. The number of sulfone groups is 1. The lowest BCUT2D eigenvalue weighted by molar-refractivity contribution is -0.117. The molecule has 0 unspecified atom stereocenters. The number of rotatable bonds is 10. The highest BCUT2D eigenvalue weighted by molar-refractivity contribution is 7.90. The molecule has 0 saturated carbocycles. The molecular formula is C21H24ClN5O4S. The fourth-order valence-electron chi connectivity index (χ4n) is 2.97. The van der Waals surface area contributed by atoms with E-state index in [0.29, 0.717) is 41.7 Å². The number of amides is 1. The fourth-order valence-corrected chi connectivity index (χ4v) is 3.80. The highest BCUT2D eigenvalue weighted by Crippen LogP contribution is 2.24. The van der Waals surface area contributed by atoms with E-state index < -0.39 is 9.84 Å². The second kappa shape index (κ2) is 10.6. The Kier molecular flexibility index (Phi) is 7.84. The van der Waals surface area contributed by atoms with Crippen molar-refractivity contribution in [2.45, 2.75) is 11.3 Å². The molecule has 1 amide bonds. The summed E-state index contributed by atoms with van der Waals surface area (Å²) in [4.78, 5) is 18.5. The van der Waals surface area contributed by atoms with Gasteiger partial charge in [-0.25, -0.2) is 18.1 Å². The number of nitrogens with one attached hydrogen (secondary N) is 1. The van der Waals surface area contributed by atoms with Crippen LogP contribution in [0.5, 0.6) is 5.75 Å². The first-order chi connectivity index (χ1) is 15.2. The van der Waals surface area contributed by atoms with Crippen molar-refractivity contribution in [3.05, 3.63) is 60.1 Å². The van der Waals surface area contributed by atoms with Crippen LogP contribution in [-0.2, 0) is 14.6 Å². The zero-order valence-electron chi connectivity index (χ0n) is 17.7. The van der Waals surface area contributed by atoms with Gasteiger partial charge >= 0.3 is 0 Å². The van der Waals surface area contributed by atoms with E-state index in [2.05, 4.69) is 15.4 Å². The number of ether oxygens (including phenoxy) is 1. The molecule has 0 fully saturated rings. The van der Waals surface area contributed by atoms with E-state index in [4.69, 9.17) is 16.3 Å². The molecule has 0 spiro atoms. The highest BCUT2D eigenvalue weighted by atomic mass is 35.5. The van der Waals surface area contributed by atoms with Gasteiger partial charge in [-0.1, -0.05) is 17.7 Å². The van der Waals surface area contributed by atoms with Crippen LogP contribution >= 0.6 is 11.6 Å². The number of halogens is 1. The van der Waals surface area contributed by atoms with Gasteiger partial charge in [-0.15, -0.1) is 0 Å². The molecule has 1 heterocycles. The van der Waals surface area contributed by atoms with Crippen molar-refractivity contribution in [3.8, 4) is 11.4 Å². The number of carbonyl (C=O) groups is 1. The summed E-state index contributed by atoms with van der Waals surface area (Å²) in [6.07, 6.45) is 4.77. The van der Waals surface area contributed by atoms with Gasteiger partial charge in [0.05, 0.1) is 29.4 Å². The number of carbonyl (C=O) groups excluding carboxylic acids is 1. The maximum atomic E-state index is 12.5. The molecule has 3 aromatic rings. The number of anilines is 1. The fraction of sp³-hybridized carbons (Fsp3) is 0.286. The normalized spacial score (nSPS) is 11.5. The van der Waals surface area contributed by atoms with Crippen molar-refractivity contribution in [2.24, 2.45) is 0 Å². The summed E-state index contributed by atoms with van der Waals surface area (Å²) in [6, 6.07) is 11.5. The molecule has 170 valence electrons. The molecule has 9 nitrogen and oxygen atoms in total. The Morgan fingerprint density at radius 2 is 2.06 bits per heavy atom. The Hall–Kier alpha value is -2.95. The maximum Gasteiger partial charge on any atom is 0.238 e. The molecule has 0 radical (unpaired) electrons. The van der Waals surface area contributed by atoms with Crippen LogP contribution in [0.15, 0.2) is 60.0 Å². The Balaban J connectivity index is 1.48. The summed E-state index contributed by atoms with van der Waals surface area (Å²) in [6.45, 7) is 1.18. The van der Waals surface area contributed by atoms with Crippen LogP contribution < -0.4 is 10.1 Å². The van der Waals surface area contributed by atoms with Crippen LogP contribution in [0.2, 0.25) is 5.02 Å². The number of hydrogen-bond donors (Lipinski definition) is 1. The van der Waals surface area contributed by atoms with Gasteiger partial charge in [-0.05, 0) is 49.9 Å². The monoisotopic (exact) mass is 477 g/mol. The first kappa shape index (κ1) is 23.7. The van der Waals surface area contributed by atoms with E-state index in [1.807, 2.05) is 11.9 Å². The predicted octanol–water partition coefficient (Wildman–Crippen LogP) is 2.66. The van der Waals surface area contributed by atoms with E-state index in [0.717, 1.165) is 6.26 Å². The summed E-state index contributed by atoms with van der Waals surface area (Å²) in [7, 11) is -1.45. The maximum absolute atomic E-state index is 12.5. The van der Waals surface area contributed by atoms with E-state index >= 15 is 0 Å². The first-order valence-electron chi connectivity index (χ1n) is 9.78. The van der Waals surface area contributed by atoms with Crippen LogP contribution in [0.4, 0.5) is 5.69 Å². The van der Waals surface area contributed by atoms with Crippen LogP contribution in [0.1, 0.15) is 6.42 Å². The largest absolute Gasteiger partial charge is 0.494 e. The summed E-state index contributed by atoms with van der Waals surface area (Å²) in [5, 5.41) is 7.45. The molecular weight excluding hydrogens is 454 g/mol. The Morgan fingerprint density at radius 3 is 2.78 bits per heavy atom. The topological polar surface area (TPSA) is 106 Å². The number of aromatic nitrogens is 3. The minimum atomic E-state index is -3.28. The lowest BCUT2D eigenvalue weighted by atomic mass is 10.2. The molecule has 11 heteroatoms. The third-order valence-corrected chi connectivity index (χ3v) is 5.84. The second-order valence-corrected chi connectivity index (χ2v) is 9.69. The van der Waals surface area contributed by atoms with Gasteiger partial charge in [0.15, 0.2) is 9.84 Å². The van der Waals surface area contributed by atoms with Crippen LogP contribution in [0, 0.1) is 0 Å². The van der Waals surface area contributed by atoms with Crippen molar-refractivity contribution < 1.29 is 17.9 Å². The minimum Gasteiger partial charge on any atom is -0.494 e. The molecule has 32 heavy (non-hydrogen) atoms. The number of hydrogen-bond acceptors (Lipinski definition) is 7. The zero-order chi connectivity index (χ0) is 23.1. The molecule has 0 bridgehead atoms. The van der Waals surface area contributed by atoms with E-state index in [9.17, 15) is 13.2 Å². The molecule has 1 aromatic heterocycles. The van der Waals surface area contributed by atoms with Crippen molar-refractivity contribution in [2.75, 3.05) is 38.3 Å². The summed E-state index contributed by atoms with van der Waals surface area (Å²) < 4.78 is 30.4. The molecule has 1 N–H and O–H groups in total. The van der Waals surface area contributed by atoms with Gasteiger partial charge in [0.1, 0.15) is 18.4 Å². The van der Waals surface area contributed by atoms with Gasteiger partial charge < -0.3 is 10.1 Å². The quantitative estimate of drug-likeness (QED) is 0.447. The van der Waals surface area contributed by atoms with Crippen molar-refractivity contribution >= 4 is 33.0 Å². The van der Waals surface area contributed by atoms with E-state index in [1.54, 1.807) is 35.0 Å². The van der Waals surface area contributed by atoms with Gasteiger partial charge in [0.25, 0.3) is 0 Å². The van der Waals surface area contributed by atoms with Crippen LogP contribution in [0.25, 0.3) is 5.69 Å². The average Bonchev–Trinajstić information content (AvgIpc) is 3.25. The SMILES string of the molecule is CN(CCCOc1cccc(S(C)(=O)=O)c1)CC(=O)Nc1cc(Cl)ccc1-n1cncn1. The third-order valence-electron chi connectivity index (χ3n) is 4.50.